The van der Waals surface area contributed by atoms with Crippen molar-refractivity contribution in [3.8, 4) is 0 Å². The van der Waals surface area contributed by atoms with E-state index in [1.54, 1.807) is 0 Å². The van der Waals surface area contributed by atoms with E-state index < -0.39 is 29.0 Å². The van der Waals surface area contributed by atoms with Crippen LogP contribution in [0, 0.1) is 0 Å². The third-order valence-electron chi connectivity index (χ3n) is 0. The summed E-state index contributed by atoms with van der Waals surface area (Å²) in [6, 6.07) is 0. The van der Waals surface area contributed by atoms with Gasteiger partial charge in [0.15, 0.2) is 0 Å². The largest absolute Gasteiger partial charge is 2.00 e. The molecule has 0 rings (SSSR count). The molecule has 0 amide bonds. The molecule has 0 aromatic heterocycles. The Balaban J connectivity index is -0.000000107. The van der Waals surface area contributed by atoms with Gasteiger partial charge in [-0.25, -0.2) is 0 Å². The van der Waals surface area contributed by atoms with E-state index in [4.69, 9.17) is 32.1 Å². The first-order valence-corrected chi connectivity index (χ1v) is 7.95. The molecule has 0 atom stereocenters. The van der Waals surface area contributed by atoms with E-state index in [1.165, 1.54) is 0 Å². The molecule has 0 aliphatic heterocycles. The van der Waals surface area contributed by atoms with Crippen LogP contribution in [-0.4, -0.2) is 72.7 Å². The molecule has 0 aromatic carbocycles. The summed E-state index contributed by atoms with van der Waals surface area (Å²) in [7, 11) is 0. The predicted octanol–water partition coefficient (Wildman–Crippen LogP) is -5.99. The molecular weight excluding hydrogens is 485 g/mol. The molecule has 0 saturated heterocycles. The molecule has 0 aliphatic carbocycles. The van der Waals surface area contributed by atoms with Gasteiger partial charge in [-0.3, -0.25) is 0 Å². The fraction of sp³-hybridized carbons (Fsp3) is 0. The van der Waals surface area contributed by atoms with E-state index >= 15 is 0 Å². The van der Waals surface area contributed by atoms with Gasteiger partial charge in [-0.2, -0.15) is 0 Å². The van der Waals surface area contributed by atoms with Crippen molar-refractivity contribution in [3.63, 3.8) is 0 Å². The normalized spacial score (nSPS) is 10.7. The van der Waals surface area contributed by atoms with Gasteiger partial charge in [0, 0.05) is 0 Å². The van der Waals surface area contributed by atoms with Gasteiger partial charge in [0.2, 0.25) is 0 Å². The van der Waals surface area contributed by atoms with Crippen LogP contribution < -0.4 is 8.19 Å². The van der Waals surface area contributed by atoms with E-state index in [-0.39, 0.29) is 27.3 Å². The second-order valence-electron chi connectivity index (χ2n) is 0.982. The van der Waals surface area contributed by atoms with E-state index in [1.807, 2.05) is 0 Å². The molecule has 0 fully saturated rings. The van der Waals surface area contributed by atoms with E-state index in [2.05, 4.69) is 0 Å². The molecule has 66 valence electrons. The van der Waals surface area contributed by atoms with Crippen LogP contribution >= 0.6 is 0 Å². The van der Waals surface area contributed by atoms with Gasteiger partial charge < -0.3 is 0 Å². The Bertz CT molecular complexity index is 124. The van der Waals surface area contributed by atoms with Crippen molar-refractivity contribution in [1.29, 1.82) is 0 Å². The molecule has 11 heavy (non-hydrogen) atoms. The Kier molecular flexibility index (Phi) is 11.4. The minimum absolute atomic E-state index is 0. The summed E-state index contributed by atoms with van der Waals surface area (Å²) in [5, 5.41) is 0. The van der Waals surface area contributed by atoms with Crippen molar-refractivity contribution in [2.75, 3.05) is 0 Å². The van der Waals surface area contributed by atoms with Crippen molar-refractivity contribution in [3.05, 3.63) is 0 Å². The summed E-state index contributed by atoms with van der Waals surface area (Å²) in [5.74, 6) is 0. The van der Waals surface area contributed by atoms with Crippen LogP contribution in [0.1, 0.15) is 0 Å². The average Bonchev–Trinajstić information content (AvgIpc) is 1.12. The van der Waals surface area contributed by atoms with Crippen molar-refractivity contribution in [2.45, 2.75) is 0 Å². The predicted molar refractivity (Wildman–Crippen MR) is 27.5 cm³/mol. The Morgan fingerprint density at radius 1 is 0.909 bits per heavy atom. The third-order valence-corrected chi connectivity index (χ3v) is 0. The maximum absolute atomic E-state index is 8.94. The van der Waals surface area contributed by atoms with Gasteiger partial charge in [0.25, 0.3) is 0 Å². The minimum atomic E-state index is -5.62. The van der Waals surface area contributed by atoms with Crippen LogP contribution in [0.4, 0.5) is 0 Å². The maximum Gasteiger partial charge on any atom is 2.00 e. The molecule has 0 aromatic rings. The number of hydrogen-bond donors (Lipinski definition) is 4. The van der Waals surface area contributed by atoms with E-state index in [0.29, 0.717) is 0 Å². The smallest absolute Gasteiger partial charge is 2.00 e. The van der Waals surface area contributed by atoms with Crippen LogP contribution in [0.3, 0.4) is 0 Å². The van der Waals surface area contributed by atoms with Crippen LogP contribution in [0.15, 0.2) is 0 Å². The van der Waals surface area contributed by atoms with Gasteiger partial charge in [-0.05, 0) is 0 Å². The summed E-state index contributed by atoms with van der Waals surface area (Å²) in [6.07, 6.45) is 0. The summed E-state index contributed by atoms with van der Waals surface area (Å²) in [4.78, 5) is 0. The molecule has 4 N–H and O–H groups in total. The summed E-state index contributed by atoms with van der Waals surface area (Å²) >= 11 is -10.8. The molecule has 0 heterocycles. The Morgan fingerprint density at radius 3 is 0.909 bits per heavy atom. The molecule has 0 saturated carbocycles. The Hall–Kier alpha value is 1.40. The van der Waals surface area contributed by atoms with Crippen molar-refractivity contribution < 1.29 is 32.1 Å². The summed E-state index contributed by atoms with van der Waals surface area (Å²) in [5.41, 5.74) is 0. The van der Waals surface area contributed by atoms with Gasteiger partial charge in [0.1, 0.15) is 0 Å². The van der Waals surface area contributed by atoms with Crippen molar-refractivity contribution in [2.24, 2.45) is 0 Å². The van der Waals surface area contributed by atoms with Gasteiger partial charge in [-0.1, -0.05) is 0 Å². The second-order valence-corrected chi connectivity index (χ2v) is 5.10. The fourth-order valence-corrected chi connectivity index (χ4v) is 0. The summed E-state index contributed by atoms with van der Waals surface area (Å²) in [6.45, 7) is 0. The van der Waals surface area contributed by atoms with E-state index in [0.717, 1.165) is 0 Å². The zero-order valence-corrected chi connectivity index (χ0v) is 12.5. The van der Waals surface area contributed by atoms with Crippen molar-refractivity contribution >= 4 is 56.3 Å². The van der Waals surface area contributed by atoms with Gasteiger partial charge >= 0.3 is 88.4 Å². The Labute approximate surface area is 87.7 Å². The number of hydrogen-bond acceptors (Lipinski definition) is 4. The van der Waals surface area contributed by atoms with Crippen LogP contribution in [0.5, 0.6) is 0 Å². The van der Waals surface area contributed by atoms with Crippen LogP contribution in [0.2, 0.25) is 0 Å². The number of rotatable bonds is 0. The van der Waals surface area contributed by atoms with Crippen LogP contribution in [-0.2, 0) is 7.48 Å². The quantitative estimate of drug-likeness (QED) is 0.245. The molecule has 0 bridgehead atoms. The average molecular weight is 489 g/mol. The zero-order valence-electron chi connectivity index (χ0n) is 4.82. The van der Waals surface area contributed by atoms with Gasteiger partial charge in [-0.15, -0.1) is 0 Å². The molecular formula is H4As2O8Pb. The van der Waals surface area contributed by atoms with Crippen LogP contribution in [0.25, 0.3) is 0 Å². The molecule has 11 heteroatoms. The van der Waals surface area contributed by atoms with Crippen molar-refractivity contribution in [1.82, 2.24) is 0 Å². The topological polar surface area (TPSA) is 161 Å². The molecule has 2 radical (unpaired) electrons. The second kappa shape index (κ2) is 6.87. The zero-order chi connectivity index (χ0) is 9.00. The molecule has 0 spiro atoms. The van der Waals surface area contributed by atoms with Gasteiger partial charge in [0.05, 0.1) is 0 Å². The SMILES string of the molecule is O=[As](O)(O)O.O=[As]([O-])([O-])O.[Pb+2]. The first kappa shape index (κ1) is 18.2. The summed E-state index contributed by atoms with van der Waals surface area (Å²) < 4.78 is 63.9. The van der Waals surface area contributed by atoms with E-state index in [9.17, 15) is 0 Å². The Morgan fingerprint density at radius 2 is 0.909 bits per heavy atom. The fourth-order valence-electron chi connectivity index (χ4n) is 0. The maximum atomic E-state index is 8.94. The third kappa shape index (κ3) is 515. The first-order valence-electron chi connectivity index (χ1n) is 1.53. The standard InChI is InChI=1S/2AsH3O4.Pb/c2*2-1(3,4)5;/h2*(H3,2,3,4,5);/q;;+2/p-2. The minimum Gasteiger partial charge on any atom is 2.00 e. The molecule has 8 nitrogen and oxygen atoms in total. The first-order chi connectivity index (χ1) is 4.00. The monoisotopic (exact) mass is 490 g/mol. The molecule has 0 unspecified atom stereocenters. The molecule has 0 aliphatic rings.